The van der Waals surface area contributed by atoms with Crippen LogP contribution in [0.1, 0.15) is 45.4 Å². The van der Waals surface area contributed by atoms with Gasteiger partial charge in [-0.15, -0.1) is 24.2 Å². The van der Waals surface area contributed by atoms with Gasteiger partial charge in [0.05, 0.1) is 0 Å². The lowest BCUT2D eigenvalue weighted by atomic mass is 10.2. The number of hydrogen-bond donors (Lipinski definition) is 0. The van der Waals surface area contributed by atoms with Crippen molar-refractivity contribution in [2.45, 2.75) is 45.4 Å². The minimum absolute atomic E-state index is 0.898. The van der Waals surface area contributed by atoms with Gasteiger partial charge in [-0.05, 0) is 19.3 Å². The molecule has 0 bridgehead atoms. The van der Waals surface area contributed by atoms with Gasteiger partial charge in [-0.3, -0.25) is 0 Å². The molecule has 0 heterocycles. The van der Waals surface area contributed by atoms with Crippen LogP contribution in [0.2, 0.25) is 0 Å². The van der Waals surface area contributed by atoms with Crippen LogP contribution < -0.4 is 0 Å². The zero-order chi connectivity index (χ0) is 8.36. The minimum atomic E-state index is 0.898. The fraction of sp³-hybridized carbons (Fsp3) is 0.636. The molecule has 0 aliphatic carbocycles. The SMILES string of the molecule is C#CCCCCC#CCCC. The van der Waals surface area contributed by atoms with Gasteiger partial charge in [0.25, 0.3) is 0 Å². The van der Waals surface area contributed by atoms with Crippen LogP contribution in [0.15, 0.2) is 0 Å². The third-order valence-electron chi connectivity index (χ3n) is 1.37. The maximum atomic E-state index is 5.10. The first kappa shape index (κ1) is 10.1. The molecule has 0 aromatic heterocycles. The van der Waals surface area contributed by atoms with E-state index >= 15 is 0 Å². The Labute approximate surface area is 70.4 Å². The van der Waals surface area contributed by atoms with Gasteiger partial charge in [-0.2, -0.15) is 0 Å². The molecule has 11 heavy (non-hydrogen) atoms. The van der Waals surface area contributed by atoms with Crippen LogP contribution in [0.3, 0.4) is 0 Å². The molecule has 0 aliphatic rings. The first-order valence-corrected chi connectivity index (χ1v) is 4.31. The molecule has 0 aromatic rings. The van der Waals surface area contributed by atoms with Gasteiger partial charge in [-0.1, -0.05) is 6.92 Å². The zero-order valence-electron chi connectivity index (χ0n) is 7.32. The van der Waals surface area contributed by atoms with E-state index < -0.39 is 0 Å². The average Bonchev–Trinajstić information content (AvgIpc) is 2.03. The van der Waals surface area contributed by atoms with E-state index in [1.54, 1.807) is 0 Å². The lowest BCUT2D eigenvalue weighted by Crippen LogP contribution is -1.72. The number of hydrogen-bond acceptors (Lipinski definition) is 0. The summed E-state index contributed by atoms with van der Waals surface area (Å²) in [7, 11) is 0. The average molecular weight is 148 g/mol. The summed E-state index contributed by atoms with van der Waals surface area (Å²) in [4.78, 5) is 0. The fourth-order valence-electron chi connectivity index (χ4n) is 0.742. The lowest BCUT2D eigenvalue weighted by Gasteiger charge is -1.87. The Morgan fingerprint density at radius 2 is 1.64 bits per heavy atom. The topological polar surface area (TPSA) is 0 Å². The van der Waals surface area contributed by atoms with Gasteiger partial charge < -0.3 is 0 Å². The van der Waals surface area contributed by atoms with Crippen molar-refractivity contribution in [3.05, 3.63) is 0 Å². The quantitative estimate of drug-likeness (QED) is 0.424. The van der Waals surface area contributed by atoms with E-state index in [1.165, 1.54) is 0 Å². The first-order chi connectivity index (χ1) is 5.41. The molecule has 0 saturated heterocycles. The van der Waals surface area contributed by atoms with Crippen molar-refractivity contribution in [2.24, 2.45) is 0 Å². The highest BCUT2D eigenvalue weighted by Gasteiger charge is 1.81. The second-order valence-corrected chi connectivity index (χ2v) is 2.51. The maximum absolute atomic E-state index is 5.10. The van der Waals surface area contributed by atoms with Crippen LogP contribution in [0.25, 0.3) is 0 Å². The van der Waals surface area contributed by atoms with Gasteiger partial charge in [-0.25, -0.2) is 0 Å². The minimum Gasteiger partial charge on any atom is -0.120 e. The Hall–Kier alpha value is -0.880. The molecule has 0 amide bonds. The van der Waals surface area contributed by atoms with Crippen molar-refractivity contribution in [1.29, 1.82) is 0 Å². The number of terminal acetylenes is 1. The van der Waals surface area contributed by atoms with E-state index in [4.69, 9.17) is 6.42 Å². The Kier molecular flexibility index (Phi) is 8.39. The smallest absolute Gasteiger partial charge is 0.00890 e. The summed E-state index contributed by atoms with van der Waals surface area (Å²) in [6.45, 7) is 2.15. The van der Waals surface area contributed by atoms with Crippen LogP contribution >= 0.6 is 0 Å². The summed E-state index contributed by atoms with van der Waals surface area (Å²) in [5, 5.41) is 0. The summed E-state index contributed by atoms with van der Waals surface area (Å²) in [5.41, 5.74) is 0. The van der Waals surface area contributed by atoms with E-state index in [-0.39, 0.29) is 0 Å². The second kappa shape index (κ2) is 9.12. The van der Waals surface area contributed by atoms with E-state index in [0.29, 0.717) is 0 Å². The van der Waals surface area contributed by atoms with Crippen molar-refractivity contribution in [1.82, 2.24) is 0 Å². The van der Waals surface area contributed by atoms with E-state index in [9.17, 15) is 0 Å². The Morgan fingerprint density at radius 1 is 1.00 bits per heavy atom. The van der Waals surface area contributed by atoms with Gasteiger partial charge in [0.15, 0.2) is 0 Å². The third kappa shape index (κ3) is 9.12. The van der Waals surface area contributed by atoms with Gasteiger partial charge in [0, 0.05) is 19.3 Å². The van der Waals surface area contributed by atoms with Crippen LogP contribution in [0, 0.1) is 24.2 Å². The zero-order valence-corrected chi connectivity index (χ0v) is 7.32. The van der Waals surface area contributed by atoms with Crippen molar-refractivity contribution in [3.63, 3.8) is 0 Å². The van der Waals surface area contributed by atoms with Crippen molar-refractivity contribution in [2.75, 3.05) is 0 Å². The third-order valence-corrected chi connectivity index (χ3v) is 1.37. The second-order valence-electron chi connectivity index (χ2n) is 2.51. The molecule has 0 aromatic carbocycles. The lowest BCUT2D eigenvalue weighted by molar-refractivity contribution is 0.782. The number of rotatable bonds is 4. The molecule has 0 atom stereocenters. The predicted octanol–water partition coefficient (Wildman–Crippen LogP) is 2.98. The molecule has 0 saturated carbocycles. The molecule has 0 aliphatic heterocycles. The molecule has 0 nitrogen and oxygen atoms in total. The van der Waals surface area contributed by atoms with Crippen LogP contribution in [-0.2, 0) is 0 Å². The molecule has 0 heteroatoms. The first-order valence-electron chi connectivity index (χ1n) is 4.31. The summed E-state index contributed by atoms with van der Waals surface area (Å²) >= 11 is 0. The molecular formula is C11H16. The Morgan fingerprint density at radius 3 is 2.27 bits per heavy atom. The molecule has 0 rings (SSSR count). The Bertz CT molecular complexity index is 161. The highest BCUT2D eigenvalue weighted by Crippen LogP contribution is 1.96. The van der Waals surface area contributed by atoms with Crippen molar-refractivity contribution < 1.29 is 0 Å². The van der Waals surface area contributed by atoms with Gasteiger partial charge >= 0.3 is 0 Å². The molecule has 0 radical (unpaired) electrons. The molecule has 0 N–H and O–H groups in total. The highest BCUT2D eigenvalue weighted by atomic mass is 13.9. The monoisotopic (exact) mass is 148 g/mol. The highest BCUT2D eigenvalue weighted by molar-refractivity contribution is 4.98. The molecule has 0 fully saturated rings. The van der Waals surface area contributed by atoms with Gasteiger partial charge in [0.1, 0.15) is 0 Å². The molecule has 0 spiro atoms. The van der Waals surface area contributed by atoms with E-state index in [1.807, 2.05) is 0 Å². The standard InChI is InChI=1S/C11H16/c1-3-5-7-9-11-10-8-6-4-2/h1H,4-7,9,11H2,2H3. The summed E-state index contributed by atoms with van der Waals surface area (Å²) < 4.78 is 0. The van der Waals surface area contributed by atoms with Crippen LogP contribution in [-0.4, -0.2) is 0 Å². The normalized spacial score (nSPS) is 8.00. The molecular weight excluding hydrogens is 132 g/mol. The summed E-state index contributed by atoms with van der Waals surface area (Å²) in [6.07, 6.45) is 11.5. The summed E-state index contributed by atoms with van der Waals surface area (Å²) in [6, 6.07) is 0. The fourth-order valence-corrected chi connectivity index (χ4v) is 0.742. The molecule has 0 unspecified atom stereocenters. The Balaban J connectivity index is 3.03. The van der Waals surface area contributed by atoms with Gasteiger partial charge in [0.2, 0.25) is 0 Å². The number of unbranched alkanes of at least 4 members (excludes halogenated alkanes) is 4. The largest absolute Gasteiger partial charge is 0.120 e. The maximum Gasteiger partial charge on any atom is 0.00890 e. The summed E-state index contributed by atoms with van der Waals surface area (Å²) in [5.74, 6) is 8.86. The van der Waals surface area contributed by atoms with Crippen LogP contribution in [0.4, 0.5) is 0 Å². The van der Waals surface area contributed by atoms with E-state index in [0.717, 1.165) is 38.5 Å². The van der Waals surface area contributed by atoms with Crippen molar-refractivity contribution >= 4 is 0 Å². The predicted molar refractivity (Wildman–Crippen MR) is 50.0 cm³/mol. The van der Waals surface area contributed by atoms with Crippen molar-refractivity contribution in [3.8, 4) is 24.2 Å². The van der Waals surface area contributed by atoms with E-state index in [2.05, 4.69) is 24.7 Å². The molecule has 60 valence electrons. The van der Waals surface area contributed by atoms with Crippen LogP contribution in [0.5, 0.6) is 0 Å².